The van der Waals surface area contributed by atoms with Crippen molar-refractivity contribution in [2.24, 2.45) is 5.92 Å². The van der Waals surface area contributed by atoms with E-state index in [1.807, 2.05) is 6.92 Å². The summed E-state index contributed by atoms with van der Waals surface area (Å²) in [7, 11) is 0. The Balaban J connectivity index is 1.43. The van der Waals surface area contributed by atoms with Crippen LogP contribution in [-0.4, -0.2) is 32.0 Å². The lowest BCUT2D eigenvalue weighted by atomic mass is 9.90. The smallest absolute Gasteiger partial charge is 0.167 e. The standard InChI is InChI=1S/C29H36F4O3/c1-3-5-20-10-7-18(16-35-20)6-8-19-9-12-22(27(31)26(19)30)23-13-14-24(29(33)28(23)32)25-15-11-21(17-36-25)34-4-2/h9,12-14,18,20-21,25H,3-8,10-11,15-17H2,1-2H3. The lowest BCUT2D eigenvalue weighted by Crippen LogP contribution is -2.28. The van der Waals surface area contributed by atoms with Crippen LogP contribution in [0.3, 0.4) is 0 Å². The molecule has 4 unspecified atom stereocenters. The van der Waals surface area contributed by atoms with Crippen LogP contribution in [-0.2, 0) is 20.6 Å². The first-order valence-corrected chi connectivity index (χ1v) is 13.2. The molecule has 2 aliphatic heterocycles. The van der Waals surface area contributed by atoms with E-state index in [9.17, 15) is 8.78 Å². The van der Waals surface area contributed by atoms with Crippen LogP contribution < -0.4 is 0 Å². The molecule has 2 fully saturated rings. The predicted octanol–water partition coefficient (Wildman–Crippen LogP) is 7.69. The fraction of sp³-hybridized carbons (Fsp3) is 0.586. The van der Waals surface area contributed by atoms with Gasteiger partial charge in [0, 0.05) is 29.9 Å². The van der Waals surface area contributed by atoms with Crippen molar-refractivity contribution in [1.82, 2.24) is 0 Å². The summed E-state index contributed by atoms with van der Waals surface area (Å²) in [4.78, 5) is 0. The van der Waals surface area contributed by atoms with E-state index in [4.69, 9.17) is 14.2 Å². The Morgan fingerprint density at radius 2 is 1.53 bits per heavy atom. The average molecular weight is 509 g/mol. The predicted molar refractivity (Wildman–Crippen MR) is 131 cm³/mol. The largest absolute Gasteiger partial charge is 0.378 e. The molecule has 4 atom stereocenters. The van der Waals surface area contributed by atoms with Gasteiger partial charge in [-0.25, -0.2) is 17.6 Å². The molecule has 198 valence electrons. The van der Waals surface area contributed by atoms with Crippen molar-refractivity contribution in [3.8, 4) is 11.1 Å². The molecule has 0 saturated carbocycles. The molecule has 2 aromatic carbocycles. The molecule has 2 heterocycles. The van der Waals surface area contributed by atoms with Crippen LogP contribution in [0.25, 0.3) is 11.1 Å². The maximum Gasteiger partial charge on any atom is 0.167 e. The highest BCUT2D eigenvalue weighted by Crippen LogP contribution is 2.36. The fourth-order valence-electron chi connectivity index (χ4n) is 5.35. The van der Waals surface area contributed by atoms with Crippen molar-refractivity contribution in [2.45, 2.75) is 83.5 Å². The summed E-state index contributed by atoms with van der Waals surface area (Å²) in [5.74, 6) is -4.14. The van der Waals surface area contributed by atoms with Crippen LogP contribution in [0.2, 0.25) is 0 Å². The van der Waals surface area contributed by atoms with Crippen LogP contribution in [0.4, 0.5) is 17.6 Å². The molecule has 0 bridgehead atoms. The third-order valence-corrected chi connectivity index (χ3v) is 7.45. The first kappa shape index (κ1) is 27.1. The molecule has 0 spiro atoms. The van der Waals surface area contributed by atoms with Gasteiger partial charge in [-0.1, -0.05) is 37.6 Å². The maximum absolute atomic E-state index is 15.0. The Hall–Kier alpha value is -1.96. The molecule has 2 aromatic rings. The van der Waals surface area contributed by atoms with Gasteiger partial charge in [-0.3, -0.25) is 0 Å². The summed E-state index contributed by atoms with van der Waals surface area (Å²) in [6, 6.07) is 5.51. The third kappa shape index (κ3) is 6.12. The van der Waals surface area contributed by atoms with Gasteiger partial charge in [0.05, 0.1) is 24.9 Å². The summed E-state index contributed by atoms with van der Waals surface area (Å²) in [5, 5.41) is 0. The second-order valence-electron chi connectivity index (χ2n) is 9.93. The Kier molecular flexibility index (Phi) is 9.42. The molecule has 7 heteroatoms. The topological polar surface area (TPSA) is 27.7 Å². The minimum Gasteiger partial charge on any atom is -0.378 e. The number of rotatable bonds is 9. The maximum atomic E-state index is 15.0. The number of ether oxygens (including phenoxy) is 3. The first-order valence-electron chi connectivity index (χ1n) is 13.2. The summed E-state index contributed by atoms with van der Waals surface area (Å²) in [6.07, 6.45) is 6.01. The lowest BCUT2D eigenvalue weighted by Gasteiger charge is -2.29. The molecule has 0 aromatic heterocycles. The average Bonchev–Trinajstić information content (AvgIpc) is 2.89. The van der Waals surface area contributed by atoms with Crippen molar-refractivity contribution < 1.29 is 31.8 Å². The van der Waals surface area contributed by atoms with Gasteiger partial charge in [-0.2, -0.15) is 0 Å². The van der Waals surface area contributed by atoms with Crippen LogP contribution in [0.5, 0.6) is 0 Å². The van der Waals surface area contributed by atoms with E-state index in [1.54, 1.807) is 0 Å². The lowest BCUT2D eigenvalue weighted by molar-refractivity contribution is -0.0850. The molecule has 36 heavy (non-hydrogen) atoms. The van der Waals surface area contributed by atoms with Crippen molar-refractivity contribution in [1.29, 1.82) is 0 Å². The molecule has 4 rings (SSSR count). The van der Waals surface area contributed by atoms with Crippen LogP contribution in [0.1, 0.15) is 76.0 Å². The Morgan fingerprint density at radius 1 is 0.778 bits per heavy atom. The molecule has 2 saturated heterocycles. The molecular weight excluding hydrogens is 472 g/mol. The second-order valence-corrected chi connectivity index (χ2v) is 9.93. The van der Waals surface area contributed by atoms with E-state index in [1.165, 1.54) is 24.3 Å². The molecule has 0 radical (unpaired) electrons. The Morgan fingerprint density at radius 3 is 2.17 bits per heavy atom. The highest BCUT2D eigenvalue weighted by molar-refractivity contribution is 5.66. The summed E-state index contributed by atoms with van der Waals surface area (Å²) in [6.45, 7) is 5.53. The van der Waals surface area contributed by atoms with Crippen LogP contribution in [0, 0.1) is 29.2 Å². The Labute approximate surface area is 211 Å². The number of halogens is 4. The van der Waals surface area contributed by atoms with Gasteiger partial charge in [-0.15, -0.1) is 0 Å². The highest BCUT2D eigenvalue weighted by atomic mass is 19.2. The normalized spacial score (nSPS) is 24.7. The van der Waals surface area contributed by atoms with E-state index >= 15 is 8.78 Å². The van der Waals surface area contributed by atoms with E-state index in [2.05, 4.69) is 6.92 Å². The number of hydrogen-bond donors (Lipinski definition) is 0. The minimum atomic E-state index is -1.20. The van der Waals surface area contributed by atoms with Crippen molar-refractivity contribution in [3.63, 3.8) is 0 Å². The van der Waals surface area contributed by atoms with Gasteiger partial charge in [0.2, 0.25) is 0 Å². The number of aryl methyl sites for hydroxylation is 1. The minimum absolute atomic E-state index is 0.0577. The van der Waals surface area contributed by atoms with E-state index in [-0.39, 0.29) is 28.4 Å². The second kappa shape index (κ2) is 12.5. The van der Waals surface area contributed by atoms with Crippen LogP contribution in [0.15, 0.2) is 24.3 Å². The zero-order valence-corrected chi connectivity index (χ0v) is 21.1. The fourth-order valence-corrected chi connectivity index (χ4v) is 5.35. The van der Waals surface area contributed by atoms with Gasteiger partial charge in [0.15, 0.2) is 23.3 Å². The molecule has 0 aliphatic carbocycles. The monoisotopic (exact) mass is 508 g/mol. The quantitative estimate of drug-likeness (QED) is 0.325. The highest BCUT2D eigenvalue weighted by Gasteiger charge is 2.29. The van der Waals surface area contributed by atoms with Crippen molar-refractivity contribution in [3.05, 3.63) is 58.7 Å². The SMILES string of the molecule is CCCC1CCC(CCc2ccc(-c3ccc(C4CCC(OCC)CO4)c(F)c3F)c(F)c2F)CO1. The Bertz CT molecular complexity index is 1010. The molecule has 2 aliphatic rings. The molecule has 3 nitrogen and oxygen atoms in total. The van der Waals surface area contributed by atoms with Gasteiger partial charge in [0.1, 0.15) is 0 Å². The zero-order chi connectivity index (χ0) is 25.7. The first-order chi connectivity index (χ1) is 17.4. The number of benzene rings is 2. The summed E-state index contributed by atoms with van der Waals surface area (Å²) in [5.41, 5.74) is -0.267. The van der Waals surface area contributed by atoms with E-state index < -0.39 is 29.4 Å². The van der Waals surface area contributed by atoms with Gasteiger partial charge < -0.3 is 14.2 Å². The van der Waals surface area contributed by atoms with Gasteiger partial charge >= 0.3 is 0 Å². The van der Waals surface area contributed by atoms with Gasteiger partial charge in [-0.05, 0) is 63.4 Å². The molecule has 0 N–H and O–H groups in total. The van der Waals surface area contributed by atoms with Gasteiger partial charge in [0.25, 0.3) is 0 Å². The van der Waals surface area contributed by atoms with Crippen LogP contribution >= 0.6 is 0 Å². The molecule has 0 amide bonds. The van der Waals surface area contributed by atoms with Crippen molar-refractivity contribution in [2.75, 3.05) is 19.8 Å². The third-order valence-electron chi connectivity index (χ3n) is 7.45. The van der Waals surface area contributed by atoms with Crippen molar-refractivity contribution >= 4 is 0 Å². The summed E-state index contributed by atoms with van der Waals surface area (Å²) >= 11 is 0. The van der Waals surface area contributed by atoms with E-state index in [0.29, 0.717) is 57.5 Å². The number of hydrogen-bond acceptors (Lipinski definition) is 3. The zero-order valence-electron chi connectivity index (χ0n) is 21.1. The van der Waals surface area contributed by atoms with E-state index in [0.717, 1.165) is 25.7 Å². The summed E-state index contributed by atoms with van der Waals surface area (Å²) < 4.78 is 77.0. The molecular formula is C29H36F4O3.